The minimum absolute atomic E-state index is 0.0309. The van der Waals surface area contributed by atoms with Crippen LogP contribution >= 0.6 is 11.3 Å². The Hall–Kier alpha value is -1.89. The van der Waals surface area contributed by atoms with Gasteiger partial charge >= 0.3 is 12.1 Å². The van der Waals surface area contributed by atoms with Gasteiger partial charge in [-0.25, -0.2) is 4.98 Å². The summed E-state index contributed by atoms with van der Waals surface area (Å²) in [6.07, 6.45) is -4.76. The topological polar surface area (TPSA) is 50.2 Å². The Labute approximate surface area is 110 Å². The number of hydrogen-bond acceptors (Lipinski definition) is 3. The lowest BCUT2D eigenvalue weighted by atomic mass is 10.1. The maximum atomic E-state index is 12.8. The van der Waals surface area contributed by atoms with Gasteiger partial charge in [0.05, 0.1) is 17.7 Å². The predicted molar refractivity (Wildman–Crippen MR) is 63.9 cm³/mol. The molecule has 0 radical (unpaired) electrons. The molecule has 1 heterocycles. The molecule has 0 saturated heterocycles. The summed E-state index contributed by atoms with van der Waals surface area (Å²) in [7, 11) is 0. The number of thiazole rings is 1. The Kier molecular flexibility index (Phi) is 3.57. The zero-order chi connectivity index (χ0) is 14.0. The van der Waals surface area contributed by atoms with E-state index < -0.39 is 17.7 Å². The first kappa shape index (κ1) is 13.5. The lowest BCUT2D eigenvalue weighted by Gasteiger charge is -2.10. The molecule has 3 nitrogen and oxygen atoms in total. The molecule has 0 aliphatic heterocycles. The second-order valence-electron chi connectivity index (χ2n) is 3.76. The minimum Gasteiger partial charge on any atom is -0.481 e. The average Bonchev–Trinajstić information content (AvgIpc) is 2.75. The quantitative estimate of drug-likeness (QED) is 0.940. The molecule has 0 unspecified atom stereocenters. The molecule has 0 aliphatic rings. The van der Waals surface area contributed by atoms with Gasteiger partial charge in [0.1, 0.15) is 5.01 Å². The molecule has 2 aromatic rings. The molecule has 100 valence electrons. The van der Waals surface area contributed by atoms with Crippen LogP contribution in [0.5, 0.6) is 0 Å². The highest BCUT2D eigenvalue weighted by Gasteiger charge is 2.34. The summed E-state index contributed by atoms with van der Waals surface area (Å²) in [6, 6.07) is 5.10. The van der Waals surface area contributed by atoms with Gasteiger partial charge < -0.3 is 5.11 Å². The van der Waals surface area contributed by atoms with Gasteiger partial charge in [0.15, 0.2) is 0 Å². The molecule has 0 bridgehead atoms. The molecule has 0 fully saturated rings. The van der Waals surface area contributed by atoms with Crippen molar-refractivity contribution in [3.63, 3.8) is 0 Å². The van der Waals surface area contributed by atoms with E-state index in [-0.39, 0.29) is 22.7 Å². The van der Waals surface area contributed by atoms with Crippen LogP contribution < -0.4 is 0 Å². The minimum atomic E-state index is -4.46. The lowest BCUT2D eigenvalue weighted by molar-refractivity contribution is -0.137. The van der Waals surface area contributed by atoms with Crippen LogP contribution in [0.15, 0.2) is 29.6 Å². The van der Waals surface area contributed by atoms with Gasteiger partial charge in [0.2, 0.25) is 0 Å². The largest absolute Gasteiger partial charge is 0.481 e. The zero-order valence-corrected chi connectivity index (χ0v) is 10.3. The first-order chi connectivity index (χ1) is 8.88. The number of halogens is 3. The molecule has 2 rings (SSSR count). The van der Waals surface area contributed by atoms with Gasteiger partial charge in [0.25, 0.3) is 0 Å². The third kappa shape index (κ3) is 3.11. The summed E-state index contributed by atoms with van der Waals surface area (Å²) < 4.78 is 38.5. The smallest absolute Gasteiger partial charge is 0.417 e. The first-order valence-corrected chi connectivity index (χ1v) is 6.08. The van der Waals surface area contributed by atoms with E-state index in [4.69, 9.17) is 5.11 Å². The normalized spacial score (nSPS) is 11.5. The number of benzene rings is 1. The SMILES string of the molecule is O=C(O)Cc1csc(-c2ccccc2C(F)(F)F)n1. The molecule has 0 atom stereocenters. The van der Waals surface area contributed by atoms with E-state index in [9.17, 15) is 18.0 Å². The molecule has 7 heteroatoms. The van der Waals surface area contributed by atoms with Crippen molar-refractivity contribution in [3.8, 4) is 10.6 Å². The van der Waals surface area contributed by atoms with E-state index in [1.54, 1.807) is 0 Å². The van der Waals surface area contributed by atoms with E-state index in [0.29, 0.717) is 0 Å². The van der Waals surface area contributed by atoms with E-state index in [1.807, 2.05) is 0 Å². The molecule has 0 amide bonds. The van der Waals surface area contributed by atoms with Crippen molar-refractivity contribution in [1.29, 1.82) is 0 Å². The van der Waals surface area contributed by atoms with Crippen LogP contribution in [0.2, 0.25) is 0 Å². The van der Waals surface area contributed by atoms with Crippen LogP contribution in [0.3, 0.4) is 0 Å². The van der Waals surface area contributed by atoms with Gasteiger partial charge in [-0.1, -0.05) is 18.2 Å². The molecular weight excluding hydrogens is 279 g/mol. The molecular formula is C12H8F3NO2S. The predicted octanol–water partition coefficient (Wildman–Crippen LogP) is 3.46. The van der Waals surface area contributed by atoms with Gasteiger partial charge in [-0.05, 0) is 6.07 Å². The first-order valence-electron chi connectivity index (χ1n) is 5.20. The third-order valence-electron chi connectivity index (χ3n) is 2.35. The second-order valence-corrected chi connectivity index (χ2v) is 4.62. The summed E-state index contributed by atoms with van der Waals surface area (Å²) in [5, 5.41) is 10.2. The van der Waals surface area contributed by atoms with Gasteiger partial charge in [-0.2, -0.15) is 13.2 Å². The van der Waals surface area contributed by atoms with Gasteiger partial charge in [0, 0.05) is 10.9 Å². The number of carbonyl (C=O) groups is 1. The summed E-state index contributed by atoms with van der Waals surface area (Å²) in [5.41, 5.74) is -0.549. The number of carboxylic acids is 1. The number of nitrogens with zero attached hydrogens (tertiary/aromatic N) is 1. The van der Waals surface area contributed by atoms with Crippen molar-refractivity contribution in [3.05, 3.63) is 40.9 Å². The highest BCUT2D eigenvalue weighted by atomic mass is 32.1. The number of hydrogen-bond donors (Lipinski definition) is 1. The Bertz CT molecular complexity index is 607. The summed E-state index contributed by atoms with van der Waals surface area (Å²) in [4.78, 5) is 14.5. The fourth-order valence-corrected chi connectivity index (χ4v) is 2.44. The molecule has 1 aromatic heterocycles. The fourth-order valence-electron chi connectivity index (χ4n) is 1.58. The maximum Gasteiger partial charge on any atom is 0.417 e. The number of alkyl halides is 3. The highest BCUT2D eigenvalue weighted by molar-refractivity contribution is 7.13. The molecule has 0 aliphatic carbocycles. The van der Waals surface area contributed by atoms with E-state index in [1.165, 1.54) is 23.6 Å². The van der Waals surface area contributed by atoms with Crippen LogP contribution in [0, 0.1) is 0 Å². The standard InChI is InChI=1S/C12H8F3NO2S/c13-12(14,15)9-4-2-1-3-8(9)11-16-7(6-19-11)5-10(17)18/h1-4,6H,5H2,(H,17,18). The molecule has 1 aromatic carbocycles. The van der Waals surface area contributed by atoms with E-state index in [0.717, 1.165) is 17.4 Å². The van der Waals surface area contributed by atoms with Crippen molar-refractivity contribution in [2.75, 3.05) is 0 Å². The fraction of sp³-hybridized carbons (Fsp3) is 0.167. The summed E-state index contributed by atoms with van der Waals surface area (Å²) >= 11 is 1.00. The second kappa shape index (κ2) is 5.00. The van der Waals surface area contributed by atoms with Crippen molar-refractivity contribution in [2.45, 2.75) is 12.6 Å². The monoisotopic (exact) mass is 287 g/mol. The van der Waals surface area contributed by atoms with E-state index >= 15 is 0 Å². The Balaban J connectivity index is 2.42. The van der Waals surface area contributed by atoms with Gasteiger partial charge in [-0.3, -0.25) is 4.79 Å². The molecule has 0 spiro atoms. The van der Waals surface area contributed by atoms with Crippen LogP contribution in [0.1, 0.15) is 11.3 Å². The Morgan fingerprint density at radius 2 is 2.00 bits per heavy atom. The number of carboxylic acid groups (broad SMARTS) is 1. The van der Waals surface area contributed by atoms with Crippen LogP contribution in [-0.4, -0.2) is 16.1 Å². The van der Waals surface area contributed by atoms with Crippen molar-refractivity contribution >= 4 is 17.3 Å². The van der Waals surface area contributed by atoms with Gasteiger partial charge in [-0.15, -0.1) is 11.3 Å². The Morgan fingerprint density at radius 3 is 2.63 bits per heavy atom. The number of aromatic nitrogens is 1. The van der Waals surface area contributed by atoms with Crippen LogP contribution in [0.25, 0.3) is 10.6 Å². The maximum absolute atomic E-state index is 12.8. The summed E-state index contributed by atoms with van der Waals surface area (Å²) in [5.74, 6) is -1.07. The van der Waals surface area contributed by atoms with Crippen LogP contribution in [-0.2, 0) is 17.4 Å². The molecule has 1 N–H and O–H groups in total. The Morgan fingerprint density at radius 1 is 1.32 bits per heavy atom. The van der Waals surface area contributed by atoms with Crippen LogP contribution in [0.4, 0.5) is 13.2 Å². The summed E-state index contributed by atoms with van der Waals surface area (Å²) in [6.45, 7) is 0. The number of rotatable bonds is 3. The van der Waals surface area contributed by atoms with Crippen molar-refractivity contribution < 1.29 is 23.1 Å². The highest BCUT2D eigenvalue weighted by Crippen LogP contribution is 2.37. The third-order valence-corrected chi connectivity index (χ3v) is 3.27. The van der Waals surface area contributed by atoms with Crippen molar-refractivity contribution in [2.24, 2.45) is 0 Å². The number of aliphatic carboxylic acids is 1. The van der Waals surface area contributed by atoms with E-state index in [2.05, 4.69) is 4.98 Å². The zero-order valence-electron chi connectivity index (χ0n) is 9.44. The molecule has 0 saturated carbocycles. The van der Waals surface area contributed by atoms with Crippen molar-refractivity contribution in [1.82, 2.24) is 4.98 Å². The average molecular weight is 287 g/mol. The lowest BCUT2D eigenvalue weighted by Crippen LogP contribution is -2.07. The molecule has 19 heavy (non-hydrogen) atoms.